The van der Waals surface area contributed by atoms with Crippen molar-refractivity contribution >= 4 is 27.5 Å². The number of anilines is 1. The van der Waals surface area contributed by atoms with Crippen LogP contribution in [0.5, 0.6) is 0 Å². The largest absolute Gasteiger partial charge is 0.481 e. The molecule has 0 fully saturated rings. The van der Waals surface area contributed by atoms with Crippen LogP contribution in [0, 0.1) is 0 Å². The molecule has 0 bridgehead atoms. The normalized spacial score (nSPS) is 11.1. The van der Waals surface area contributed by atoms with Gasteiger partial charge in [0.15, 0.2) is 5.78 Å². The molecular formula is C11H14N2O5S. The van der Waals surface area contributed by atoms with E-state index >= 15 is 0 Å². The molecule has 0 amide bonds. The van der Waals surface area contributed by atoms with Gasteiger partial charge in [0.05, 0.1) is 11.3 Å². The maximum atomic E-state index is 11.5. The molecule has 0 aliphatic carbocycles. The van der Waals surface area contributed by atoms with Gasteiger partial charge in [-0.05, 0) is 25.1 Å². The van der Waals surface area contributed by atoms with Crippen LogP contribution in [0.15, 0.2) is 23.1 Å². The highest BCUT2D eigenvalue weighted by Crippen LogP contribution is 2.20. The van der Waals surface area contributed by atoms with E-state index < -0.39 is 16.0 Å². The van der Waals surface area contributed by atoms with Gasteiger partial charge in [-0.1, -0.05) is 0 Å². The zero-order chi connectivity index (χ0) is 14.6. The predicted octanol–water partition coefficient (Wildman–Crippen LogP) is 0.423. The first-order valence-electron chi connectivity index (χ1n) is 5.35. The Morgan fingerprint density at radius 1 is 1.37 bits per heavy atom. The fourth-order valence-corrected chi connectivity index (χ4v) is 1.99. The van der Waals surface area contributed by atoms with E-state index in [1.54, 1.807) is 0 Å². The Morgan fingerprint density at radius 2 is 2.00 bits per heavy atom. The van der Waals surface area contributed by atoms with E-state index in [0.29, 0.717) is 5.69 Å². The molecule has 0 saturated carbocycles. The van der Waals surface area contributed by atoms with Crippen LogP contribution < -0.4 is 10.5 Å². The molecule has 0 unspecified atom stereocenters. The zero-order valence-electron chi connectivity index (χ0n) is 10.2. The number of carboxylic acids is 1. The molecule has 0 heterocycles. The zero-order valence-corrected chi connectivity index (χ0v) is 11.0. The number of aliphatic carboxylic acids is 1. The van der Waals surface area contributed by atoms with Gasteiger partial charge in [0, 0.05) is 17.8 Å². The van der Waals surface area contributed by atoms with Gasteiger partial charge in [-0.25, -0.2) is 13.6 Å². The SMILES string of the molecule is CC(=O)c1cc(S(N)(=O)=O)ccc1NCCC(=O)O. The minimum atomic E-state index is -3.88. The van der Waals surface area contributed by atoms with Crippen molar-refractivity contribution in [2.45, 2.75) is 18.2 Å². The first kappa shape index (κ1) is 15.1. The average molecular weight is 286 g/mol. The highest BCUT2D eigenvalue weighted by molar-refractivity contribution is 7.89. The van der Waals surface area contributed by atoms with Crippen LogP contribution in [0.1, 0.15) is 23.7 Å². The molecule has 8 heteroatoms. The summed E-state index contributed by atoms with van der Waals surface area (Å²) in [6, 6.07) is 3.81. The Labute approximate surface area is 110 Å². The number of nitrogens with one attached hydrogen (secondary N) is 1. The van der Waals surface area contributed by atoms with E-state index in [4.69, 9.17) is 10.2 Å². The van der Waals surface area contributed by atoms with Crippen LogP contribution in [0.25, 0.3) is 0 Å². The summed E-state index contributed by atoms with van der Waals surface area (Å²) in [5.74, 6) is -1.32. The molecule has 19 heavy (non-hydrogen) atoms. The molecule has 0 aliphatic rings. The molecule has 0 saturated heterocycles. The molecule has 1 rings (SSSR count). The van der Waals surface area contributed by atoms with Crippen LogP contribution in [-0.4, -0.2) is 31.8 Å². The highest BCUT2D eigenvalue weighted by Gasteiger charge is 2.14. The van der Waals surface area contributed by atoms with Crippen molar-refractivity contribution in [2.24, 2.45) is 5.14 Å². The molecule has 7 nitrogen and oxygen atoms in total. The van der Waals surface area contributed by atoms with Gasteiger partial charge in [-0.2, -0.15) is 0 Å². The number of ketones is 1. The molecule has 1 aromatic carbocycles. The van der Waals surface area contributed by atoms with Crippen molar-refractivity contribution in [2.75, 3.05) is 11.9 Å². The number of Topliss-reactive ketones (excluding diaryl/α,β-unsaturated/α-hetero) is 1. The summed E-state index contributed by atoms with van der Waals surface area (Å²) in [7, 11) is -3.88. The summed E-state index contributed by atoms with van der Waals surface area (Å²) in [6.07, 6.45) is -0.117. The number of carboxylic acid groups (broad SMARTS) is 1. The van der Waals surface area contributed by atoms with E-state index in [0.717, 1.165) is 0 Å². The third-order valence-corrected chi connectivity index (χ3v) is 3.26. The molecule has 104 valence electrons. The second-order valence-electron chi connectivity index (χ2n) is 3.88. The monoisotopic (exact) mass is 286 g/mol. The summed E-state index contributed by atoms with van der Waals surface area (Å²) in [4.78, 5) is 21.7. The standard InChI is InChI=1S/C11H14N2O5S/c1-7(14)9-6-8(19(12,17)18)2-3-10(9)13-5-4-11(15)16/h2-3,6,13H,4-5H2,1H3,(H,15,16)(H2,12,17,18). The average Bonchev–Trinajstić information content (AvgIpc) is 2.27. The molecule has 0 atom stereocenters. The van der Waals surface area contributed by atoms with Gasteiger partial charge < -0.3 is 10.4 Å². The summed E-state index contributed by atoms with van der Waals surface area (Å²) in [5, 5.41) is 16.3. The van der Waals surface area contributed by atoms with Crippen molar-refractivity contribution in [1.29, 1.82) is 0 Å². The van der Waals surface area contributed by atoms with Crippen molar-refractivity contribution in [3.8, 4) is 0 Å². The van der Waals surface area contributed by atoms with E-state index in [-0.39, 0.29) is 29.2 Å². The van der Waals surface area contributed by atoms with Gasteiger partial charge in [-0.3, -0.25) is 9.59 Å². The highest BCUT2D eigenvalue weighted by atomic mass is 32.2. The fourth-order valence-electron chi connectivity index (χ4n) is 1.45. The molecule has 0 spiro atoms. The van der Waals surface area contributed by atoms with Crippen molar-refractivity contribution in [3.63, 3.8) is 0 Å². The van der Waals surface area contributed by atoms with Crippen LogP contribution >= 0.6 is 0 Å². The second-order valence-corrected chi connectivity index (χ2v) is 5.44. The van der Waals surface area contributed by atoms with Crippen LogP contribution in [-0.2, 0) is 14.8 Å². The summed E-state index contributed by atoms with van der Waals surface area (Å²) in [6.45, 7) is 1.41. The van der Waals surface area contributed by atoms with E-state index in [1.807, 2.05) is 0 Å². The van der Waals surface area contributed by atoms with Gasteiger partial charge >= 0.3 is 5.97 Å². The lowest BCUT2D eigenvalue weighted by Crippen LogP contribution is -2.14. The molecule has 0 aromatic heterocycles. The topological polar surface area (TPSA) is 127 Å². The molecule has 4 N–H and O–H groups in total. The maximum absolute atomic E-state index is 11.5. The van der Waals surface area contributed by atoms with Crippen molar-refractivity contribution in [3.05, 3.63) is 23.8 Å². The summed E-state index contributed by atoms with van der Waals surface area (Å²) < 4.78 is 22.4. The Bertz CT molecular complexity index is 610. The summed E-state index contributed by atoms with van der Waals surface area (Å²) >= 11 is 0. The number of hydrogen-bond acceptors (Lipinski definition) is 5. The number of carbonyl (C=O) groups is 2. The number of primary sulfonamides is 1. The minimum absolute atomic E-state index is 0.117. The molecule has 1 aromatic rings. The Balaban J connectivity index is 3.06. The number of rotatable bonds is 6. The van der Waals surface area contributed by atoms with Gasteiger partial charge in [0.25, 0.3) is 0 Å². The molecule has 0 radical (unpaired) electrons. The number of sulfonamides is 1. The minimum Gasteiger partial charge on any atom is -0.481 e. The Kier molecular flexibility index (Phi) is 4.62. The summed E-state index contributed by atoms with van der Waals surface area (Å²) in [5.41, 5.74) is 0.526. The Hall–Kier alpha value is -1.93. The number of carbonyl (C=O) groups excluding carboxylic acids is 1. The smallest absolute Gasteiger partial charge is 0.305 e. The maximum Gasteiger partial charge on any atom is 0.305 e. The third-order valence-electron chi connectivity index (χ3n) is 2.35. The number of hydrogen-bond donors (Lipinski definition) is 3. The number of nitrogens with two attached hydrogens (primary N) is 1. The number of benzene rings is 1. The first-order chi connectivity index (χ1) is 8.71. The van der Waals surface area contributed by atoms with Gasteiger partial charge in [0.2, 0.25) is 10.0 Å². The van der Waals surface area contributed by atoms with Crippen LogP contribution in [0.3, 0.4) is 0 Å². The lowest BCUT2D eigenvalue weighted by Gasteiger charge is -2.10. The van der Waals surface area contributed by atoms with E-state index in [9.17, 15) is 18.0 Å². The quantitative estimate of drug-likeness (QED) is 0.650. The van der Waals surface area contributed by atoms with E-state index in [1.165, 1.54) is 25.1 Å². The lowest BCUT2D eigenvalue weighted by molar-refractivity contribution is -0.136. The van der Waals surface area contributed by atoms with Gasteiger partial charge in [0.1, 0.15) is 0 Å². The van der Waals surface area contributed by atoms with E-state index in [2.05, 4.69) is 5.32 Å². The fraction of sp³-hybridized carbons (Fsp3) is 0.273. The van der Waals surface area contributed by atoms with Crippen LogP contribution in [0.4, 0.5) is 5.69 Å². The van der Waals surface area contributed by atoms with Crippen molar-refractivity contribution < 1.29 is 23.1 Å². The third kappa shape index (κ3) is 4.34. The second kappa shape index (κ2) is 5.81. The lowest BCUT2D eigenvalue weighted by atomic mass is 10.1. The molecule has 0 aliphatic heterocycles. The predicted molar refractivity (Wildman–Crippen MR) is 68.6 cm³/mol. The van der Waals surface area contributed by atoms with Gasteiger partial charge in [-0.15, -0.1) is 0 Å². The molecular weight excluding hydrogens is 272 g/mol. The van der Waals surface area contributed by atoms with Crippen molar-refractivity contribution in [1.82, 2.24) is 0 Å². The Morgan fingerprint density at radius 3 is 2.47 bits per heavy atom. The van der Waals surface area contributed by atoms with Crippen LogP contribution in [0.2, 0.25) is 0 Å². The first-order valence-corrected chi connectivity index (χ1v) is 6.90.